The number of hydrogen-bond donors (Lipinski definition) is 2. The monoisotopic (exact) mass is 357 g/mol. The first-order chi connectivity index (χ1) is 13.2. The first-order valence-corrected chi connectivity index (χ1v) is 9.09. The molecule has 0 saturated heterocycles. The van der Waals surface area contributed by atoms with E-state index in [1.165, 1.54) is 0 Å². The Morgan fingerprint density at radius 2 is 2.11 bits per heavy atom. The molecule has 4 aromatic rings. The smallest absolute Gasteiger partial charge is 0.179 e. The predicted octanol–water partition coefficient (Wildman–Crippen LogP) is 2.98. The van der Waals surface area contributed by atoms with Gasteiger partial charge >= 0.3 is 0 Å². The van der Waals surface area contributed by atoms with Gasteiger partial charge in [-0.1, -0.05) is 12.8 Å². The average molecular weight is 357 g/mol. The third-order valence-corrected chi connectivity index (χ3v) is 5.46. The van der Waals surface area contributed by atoms with Crippen LogP contribution in [0.15, 0.2) is 36.8 Å². The van der Waals surface area contributed by atoms with Crippen molar-refractivity contribution < 1.29 is 0 Å². The number of nitrogens with zero attached hydrogens (tertiary/aromatic N) is 5. The summed E-state index contributed by atoms with van der Waals surface area (Å²) in [6.45, 7) is 2.28. The summed E-state index contributed by atoms with van der Waals surface area (Å²) >= 11 is 0. The van der Waals surface area contributed by atoms with Gasteiger partial charge in [-0.05, 0) is 37.0 Å². The van der Waals surface area contributed by atoms with Gasteiger partial charge in [0.25, 0.3) is 0 Å². The molecule has 1 aliphatic carbocycles. The van der Waals surface area contributed by atoms with Crippen molar-refractivity contribution in [3.8, 4) is 12.3 Å². The molecule has 0 aliphatic heterocycles. The second-order valence-electron chi connectivity index (χ2n) is 7.19. The summed E-state index contributed by atoms with van der Waals surface area (Å²) in [6, 6.07) is 6.21. The molecule has 7 heteroatoms. The predicted molar refractivity (Wildman–Crippen MR) is 103 cm³/mol. The maximum absolute atomic E-state index is 5.40. The molecule has 0 spiro atoms. The number of nitrogens with one attached hydrogen (secondary N) is 2. The maximum atomic E-state index is 5.40. The Bertz CT molecular complexity index is 1150. The molecule has 134 valence electrons. The van der Waals surface area contributed by atoms with E-state index >= 15 is 0 Å². The van der Waals surface area contributed by atoms with Crippen LogP contribution >= 0.6 is 0 Å². The van der Waals surface area contributed by atoms with Crippen LogP contribution in [0.5, 0.6) is 0 Å². The molecule has 1 aliphatic rings. The van der Waals surface area contributed by atoms with Crippen molar-refractivity contribution in [3.05, 3.63) is 48.2 Å². The summed E-state index contributed by atoms with van der Waals surface area (Å²) < 4.78 is 2.13. The standard InChI is InChI=1S/C20H19N7/c1-3-13-4-5-17(22-10-13)24-14-8-12(2)15(9-14)20-26-25-18-11-23-19-16(27(18)20)6-7-21-19/h1,4-7,10-12,14-15,21H,8-9H2,2H3,(H,22,24)/t12?,14-,15-/m1/s1. The SMILES string of the molecule is C#Cc1ccc(N[C@@H]2CC(C)[C@H](c3nnc4cnc5[nH]ccc5n34)C2)nc1. The van der Waals surface area contributed by atoms with Crippen molar-refractivity contribution in [1.82, 2.24) is 29.5 Å². The zero-order valence-corrected chi connectivity index (χ0v) is 14.9. The molecule has 4 aromatic heterocycles. The summed E-state index contributed by atoms with van der Waals surface area (Å²) in [6.07, 6.45) is 12.8. The molecule has 1 unspecified atom stereocenters. The zero-order valence-electron chi connectivity index (χ0n) is 14.9. The molecule has 0 aromatic carbocycles. The molecule has 0 radical (unpaired) electrons. The van der Waals surface area contributed by atoms with E-state index < -0.39 is 0 Å². The molecular formula is C20H19N7. The first kappa shape index (κ1) is 15.8. The summed E-state index contributed by atoms with van der Waals surface area (Å²) in [5, 5.41) is 12.4. The first-order valence-electron chi connectivity index (χ1n) is 9.09. The Kier molecular flexibility index (Phi) is 3.57. The highest BCUT2D eigenvalue weighted by Gasteiger charge is 2.35. The third kappa shape index (κ3) is 2.61. The fourth-order valence-corrected chi connectivity index (χ4v) is 4.14. The summed E-state index contributed by atoms with van der Waals surface area (Å²) in [5.74, 6) is 5.26. The lowest BCUT2D eigenvalue weighted by molar-refractivity contribution is 0.507. The Labute approximate surface area is 156 Å². The Morgan fingerprint density at radius 1 is 1.19 bits per heavy atom. The van der Waals surface area contributed by atoms with Crippen molar-refractivity contribution in [2.24, 2.45) is 5.92 Å². The van der Waals surface area contributed by atoms with Gasteiger partial charge in [0, 0.05) is 29.9 Å². The average Bonchev–Trinajstić information content (AvgIpc) is 3.39. The molecule has 27 heavy (non-hydrogen) atoms. The van der Waals surface area contributed by atoms with E-state index in [0.29, 0.717) is 17.9 Å². The number of rotatable bonds is 3. The van der Waals surface area contributed by atoms with Crippen molar-refractivity contribution in [2.45, 2.75) is 31.7 Å². The maximum Gasteiger partial charge on any atom is 0.179 e. The molecule has 0 bridgehead atoms. The lowest BCUT2D eigenvalue weighted by atomic mass is 9.97. The number of pyridine rings is 1. The van der Waals surface area contributed by atoms with E-state index in [1.807, 2.05) is 24.4 Å². The van der Waals surface area contributed by atoms with Gasteiger partial charge < -0.3 is 10.3 Å². The van der Waals surface area contributed by atoms with Gasteiger partial charge in [-0.25, -0.2) is 9.97 Å². The van der Waals surface area contributed by atoms with Crippen molar-refractivity contribution in [1.29, 1.82) is 0 Å². The van der Waals surface area contributed by atoms with E-state index in [4.69, 9.17) is 6.42 Å². The molecule has 1 saturated carbocycles. The molecule has 4 heterocycles. The summed E-state index contributed by atoms with van der Waals surface area (Å²) in [7, 11) is 0. The fourth-order valence-electron chi connectivity index (χ4n) is 4.14. The number of aromatic nitrogens is 6. The van der Waals surface area contributed by atoms with Crippen LogP contribution < -0.4 is 5.32 Å². The summed E-state index contributed by atoms with van der Waals surface area (Å²) in [4.78, 5) is 12.0. The molecule has 1 fully saturated rings. The largest absolute Gasteiger partial charge is 0.367 e. The quantitative estimate of drug-likeness (QED) is 0.551. The minimum absolute atomic E-state index is 0.322. The summed E-state index contributed by atoms with van der Waals surface area (Å²) in [5.41, 5.74) is 3.44. The molecule has 7 nitrogen and oxygen atoms in total. The van der Waals surface area contributed by atoms with Crippen LogP contribution in [-0.2, 0) is 0 Å². The lowest BCUT2D eigenvalue weighted by Crippen LogP contribution is -2.16. The van der Waals surface area contributed by atoms with Gasteiger partial charge in [-0.15, -0.1) is 16.6 Å². The lowest BCUT2D eigenvalue weighted by Gasteiger charge is -2.14. The van der Waals surface area contributed by atoms with E-state index in [2.05, 4.69) is 47.7 Å². The van der Waals surface area contributed by atoms with Crippen LogP contribution in [0.25, 0.3) is 16.8 Å². The van der Waals surface area contributed by atoms with Gasteiger partial charge in [-0.2, -0.15) is 0 Å². The minimum Gasteiger partial charge on any atom is -0.367 e. The van der Waals surface area contributed by atoms with E-state index in [-0.39, 0.29) is 0 Å². The highest BCUT2D eigenvalue weighted by atomic mass is 15.3. The molecular weight excluding hydrogens is 338 g/mol. The van der Waals surface area contributed by atoms with E-state index in [0.717, 1.165) is 46.9 Å². The van der Waals surface area contributed by atoms with Gasteiger partial charge in [0.05, 0.1) is 11.7 Å². The number of aromatic amines is 1. The number of fused-ring (bicyclic) bond motifs is 3. The number of anilines is 1. The Hall–Kier alpha value is -3.40. The van der Waals surface area contributed by atoms with Crippen molar-refractivity contribution in [3.63, 3.8) is 0 Å². The topological polar surface area (TPSA) is 83.8 Å². The third-order valence-electron chi connectivity index (χ3n) is 5.46. The number of terminal acetylenes is 1. The van der Waals surface area contributed by atoms with Crippen molar-refractivity contribution in [2.75, 3.05) is 5.32 Å². The number of H-pyrrole nitrogens is 1. The molecule has 2 N–H and O–H groups in total. The highest BCUT2D eigenvalue weighted by Crippen LogP contribution is 2.40. The van der Waals surface area contributed by atoms with E-state index in [9.17, 15) is 0 Å². The molecule has 0 amide bonds. The Morgan fingerprint density at radius 3 is 2.93 bits per heavy atom. The molecule has 5 rings (SSSR count). The van der Waals surface area contributed by atoms with Crippen molar-refractivity contribution >= 4 is 22.6 Å². The Balaban J connectivity index is 1.43. The van der Waals surface area contributed by atoms with Crippen LogP contribution in [0.4, 0.5) is 5.82 Å². The molecule has 3 atom stereocenters. The highest BCUT2D eigenvalue weighted by molar-refractivity contribution is 5.74. The second-order valence-corrected chi connectivity index (χ2v) is 7.19. The fraction of sp³-hybridized carbons (Fsp3) is 0.300. The van der Waals surface area contributed by atoms with Crippen LogP contribution in [-0.4, -0.2) is 35.6 Å². The van der Waals surface area contributed by atoms with Gasteiger partial charge in [0.15, 0.2) is 11.3 Å². The van der Waals surface area contributed by atoms with Crippen LogP contribution in [0.1, 0.15) is 37.1 Å². The van der Waals surface area contributed by atoms with Gasteiger partial charge in [0.1, 0.15) is 11.6 Å². The normalized spacial score (nSPS) is 22.3. The minimum atomic E-state index is 0.322. The second kappa shape index (κ2) is 6.09. The number of hydrogen-bond acceptors (Lipinski definition) is 5. The zero-order chi connectivity index (χ0) is 18.4. The van der Waals surface area contributed by atoms with Crippen LogP contribution in [0, 0.1) is 18.3 Å². The van der Waals surface area contributed by atoms with Crippen LogP contribution in [0.3, 0.4) is 0 Å². The van der Waals surface area contributed by atoms with Crippen LogP contribution in [0.2, 0.25) is 0 Å². The van der Waals surface area contributed by atoms with E-state index in [1.54, 1.807) is 12.4 Å². The van der Waals surface area contributed by atoms with Gasteiger partial charge in [-0.3, -0.25) is 4.40 Å². The van der Waals surface area contributed by atoms with Gasteiger partial charge in [0.2, 0.25) is 0 Å².